The summed E-state index contributed by atoms with van der Waals surface area (Å²) in [5, 5.41) is 8.76. The van der Waals surface area contributed by atoms with Gasteiger partial charge in [-0.25, -0.2) is 4.79 Å². The number of ether oxygens (including phenoxy) is 1. The van der Waals surface area contributed by atoms with Crippen molar-refractivity contribution in [3.05, 3.63) is 41.7 Å². The smallest absolute Gasteiger partial charge is 0.478 e. The molecule has 2 rings (SSSR count). The van der Waals surface area contributed by atoms with Crippen LogP contribution in [0.5, 0.6) is 5.75 Å². The Morgan fingerprint density at radius 1 is 1.09 bits per heavy atom. The lowest BCUT2D eigenvalue weighted by Gasteiger charge is -2.09. The number of benzene rings is 1. The first-order chi connectivity index (χ1) is 10.5. The third-order valence-corrected chi connectivity index (χ3v) is 2.57. The first kappa shape index (κ1) is 16.7. The number of aromatic carboxylic acids is 1. The quantitative estimate of drug-likeness (QED) is 0.832. The highest BCUT2D eigenvalue weighted by molar-refractivity contribution is 5.90. The number of rotatable bonds is 3. The van der Waals surface area contributed by atoms with Crippen LogP contribution in [0.25, 0.3) is 11.3 Å². The standard InChI is InChI=1S/C13H6F6O4/c14-12(15,16)10-8(11(20)21)5-9(22-10)6-2-1-3-7(4-6)23-13(17,18)19/h1-5H,(H,20,21). The van der Waals surface area contributed by atoms with E-state index in [1.807, 2.05) is 0 Å². The molecular formula is C13H6F6O4. The molecule has 10 heteroatoms. The van der Waals surface area contributed by atoms with Crippen molar-refractivity contribution in [1.82, 2.24) is 0 Å². The zero-order valence-corrected chi connectivity index (χ0v) is 10.8. The van der Waals surface area contributed by atoms with Crippen LogP contribution in [-0.4, -0.2) is 17.4 Å². The molecule has 0 radical (unpaired) electrons. The molecule has 0 amide bonds. The Morgan fingerprint density at radius 2 is 1.74 bits per heavy atom. The lowest BCUT2D eigenvalue weighted by atomic mass is 10.1. The average Bonchev–Trinajstić information content (AvgIpc) is 2.82. The number of hydrogen-bond acceptors (Lipinski definition) is 3. The minimum absolute atomic E-state index is 0.204. The predicted molar refractivity (Wildman–Crippen MR) is 62.8 cm³/mol. The van der Waals surface area contributed by atoms with Crippen LogP contribution in [0.1, 0.15) is 16.1 Å². The fraction of sp³-hybridized carbons (Fsp3) is 0.154. The van der Waals surface area contributed by atoms with Crippen LogP contribution in [0.15, 0.2) is 34.7 Å². The molecule has 2 aromatic rings. The molecule has 0 aliphatic carbocycles. The van der Waals surface area contributed by atoms with Gasteiger partial charge in [-0.2, -0.15) is 13.2 Å². The Hall–Kier alpha value is -2.65. The van der Waals surface area contributed by atoms with Gasteiger partial charge >= 0.3 is 18.5 Å². The molecule has 23 heavy (non-hydrogen) atoms. The molecule has 1 N–H and O–H groups in total. The minimum Gasteiger partial charge on any atom is -0.478 e. The third-order valence-electron chi connectivity index (χ3n) is 2.57. The molecule has 0 spiro atoms. The van der Waals surface area contributed by atoms with Crippen LogP contribution >= 0.6 is 0 Å². The number of carboxylic acid groups (broad SMARTS) is 1. The SMILES string of the molecule is O=C(O)c1cc(-c2cccc(OC(F)(F)F)c2)oc1C(F)(F)F. The van der Waals surface area contributed by atoms with Crippen molar-refractivity contribution in [1.29, 1.82) is 0 Å². The van der Waals surface area contributed by atoms with Gasteiger partial charge in [0.1, 0.15) is 17.1 Å². The van der Waals surface area contributed by atoms with Crippen molar-refractivity contribution < 1.29 is 45.4 Å². The van der Waals surface area contributed by atoms with Gasteiger partial charge in [0.25, 0.3) is 0 Å². The molecule has 0 unspecified atom stereocenters. The highest BCUT2D eigenvalue weighted by Crippen LogP contribution is 2.38. The van der Waals surface area contributed by atoms with E-state index in [4.69, 9.17) is 5.11 Å². The number of carbonyl (C=O) groups is 1. The Labute approximate surface area is 123 Å². The fourth-order valence-corrected chi connectivity index (χ4v) is 1.75. The first-order valence-electron chi connectivity index (χ1n) is 5.78. The molecule has 0 aliphatic heterocycles. The highest BCUT2D eigenvalue weighted by atomic mass is 19.4. The molecule has 1 aromatic heterocycles. The summed E-state index contributed by atoms with van der Waals surface area (Å²) in [7, 11) is 0. The van der Waals surface area contributed by atoms with Crippen LogP contribution < -0.4 is 4.74 Å². The van der Waals surface area contributed by atoms with E-state index in [2.05, 4.69) is 9.15 Å². The average molecular weight is 340 g/mol. The maximum atomic E-state index is 12.7. The van der Waals surface area contributed by atoms with Crippen LogP contribution in [0.3, 0.4) is 0 Å². The van der Waals surface area contributed by atoms with Gasteiger partial charge in [-0.15, -0.1) is 13.2 Å². The number of alkyl halides is 6. The summed E-state index contributed by atoms with van der Waals surface area (Å²) >= 11 is 0. The van der Waals surface area contributed by atoms with Crippen LogP contribution in [-0.2, 0) is 6.18 Å². The summed E-state index contributed by atoms with van der Waals surface area (Å²) in [6.07, 6.45) is -10.0. The van der Waals surface area contributed by atoms with E-state index in [9.17, 15) is 31.1 Å². The number of hydrogen-bond donors (Lipinski definition) is 1. The summed E-state index contributed by atoms with van der Waals surface area (Å²) in [6, 6.07) is 4.53. The molecule has 0 bridgehead atoms. The Balaban J connectivity index is 2.47. The van der Waals surface area contributed by atoms with E-state index in [1.54, 1.807) is 0 Å². The molecule has 1 aromatic carbocycles. The van der Waals surface area contributed by atoms with Gasteiger partial charge in [-0.1, -0.05) is 12.1 Å². The minimum atomic E-state index is -5.06. The van der Waals surface area contributed by atoms with Crippen LogP contribution in [0.4, 0.5) is 26.3 Å². The molecule has 0 fully saturated rings. The van der Waals surface area contributed by atoms with E-state index < -0.39 is 41.3 Å². The van der Waals surface area contributed by atoms with Crippen molar-refractivity contribution in [2.75, 3.05) is 0 Å². The molecule has 0 aliphatic rings. The fourth-order valence-electron chi connectivity index (χ4n) is 1.75. The first-order valence-corrected chi connectivity index (χ1v) is 5.78. The second kappa shape index (κ2) is 5.52. The molecule has 124 valence electrons. The van der Waals surface area contributed by atoms with Gasteiger partial charge in [0.15, 0.2) is 0 Å². The van der Waals surface area contributed by atoms with Crippen molar-refractivity contribution in [2.24, 2.45) is 0 Å². The van der Waals surface area contributed by atoms with Gasteiger partial charge in [-0.3, -0.25) is 0 Å². The zero-order valence-electron chi connectivity index (χ0n) is 10.8. The van der Waals surface area contributed by atoms with E-state index in [-0.39, 0.29) is 5.56 Å². The Kier molecular flexibility index (Phi) is 4.01. The highest BCUT2D eigenvalue weighted by Gasteiger charge is 2.40. The van der Waals surface area contributed by atoms with E-state index in [1.165, 1.54) is 0 Å². The normalized spacial score (nSPS) is 12.3. The second-order valence-corrected chi connectivity index (χ2v) is 4.23. The topological polar surface area (TPSA) is 59.7 Å². The molecule has 1 heterocycles. The predicted octanol–water partition coefficient (Wildman–Crippen LogP) is 4.56. The summed E-state index contributed by atoms with van der Waals surface area (Å²) in [6.45, 7) is 0. The van der Waals surface area contributed by atoms with Crippen molar-refractivity contribution in [3.8, 4) is 17.1 Å². The third kappa shape index (κ3) is 3.96. The summed E-state index contributed by atoms with van der Waals surface area (Å²) in [4.78, 5) is 10.8. The van der Waals surface area contributed by atoms with Crippen molar-refractivity contribution in [2.45, 2.75) is 12.5 Å². The lowest BCUT2D eigenvalue weighted by molar-refractivity contribution is -0.274. The maximum Gasteiger partial charge on any atom is 0.573 e. The van der Waals surface area contributed by atoms with E-state index >= 15 is 0 Å². The largest absolute Gasteiger partial charge is 0.573 e. The van der Waals surface area contributed by atoms with Gasteiger partial charge in [0, 0.05) is 5.56 Å². The number of halogens is 6. The molecule has 0 saturated heterocycles. The Bertz CT molecular complexity index is 729. The van der Waals surface area contributed by atoms with Gasteiger partial charge in [0.05, 0.1) is 0 Å². The van der Waals surface area contributed by atoms with Crippen molar-refractivity contribution >= 4 is 5.97 Å². The van der Waals surface area contributed by atoms with E-state index in [0.29, 0.717) is 6.07 Å². The van der Waals surface area contributed by atoms with Gasteiger partial charge in [-0.05, 0) is 18.2 Å². The lowest BCUT2D eigenvalue weighted by Crippen LogP contribution is -2.17. The summed E-state index contributed by atoms with van der Waals surface area (Å²) < 4.78 is 82.6. The summed E-state index contributed by atoms with van der Waals surface area (Å²) in [5.74, 6) is -4.86. The number of carboxylic acids is 1. The monoisotopic (exact) mass is 340 g/mol. The maximum absolute atomic E-state index is 12.7. The summed E-state index contributed by atoms with van der Waals surface area (Å²) in [5.41, 5.74) is -1.35. The molecule has 0 atom stereocenters. The number of furan rings is 1. The van der Waals surface area contributed by atoms with Crippen LogP contribution in [0.2, 0.25) is 0 Å². The molecule has 0 saturated carbocycles. The second-order valence-electron chi connectivity index (χ2n) is 4.23. The molecular weight excluding hydrogens is 334 g/mol. The van der Waals surface area contributed by atoms with E-state index in [0.717, 1.165) is 24.3 Å². The Morgan fingerprint density at radius 3 is 2.22 bits per heavy atom. The van der Waals surface area contributed by atoms with Gasteiger partial charge < -0.3 is 14.3 Å². The van der Waals surface area contributed by atoms with Crippen molar-refractivity contribution in [3.63, 3.8) is 0 Å². The van der Waals surface area contributed by atoms with Crippen LogP contribution in [0, 0.1) is 0 Å². The zero-order chi connectivity index (χ0) is 17.4. The molecule has 4 nitrogen and oxygen atoms in total. The van der Waals surface area contributed by atoms with Gasteiger partial charge in [0.2, 0.25) is 5.76 Å².